The lowest BCUT2D eigenvalue weighted by Crippen LogP contribution is -3.00. The summed E-state index contributed by atoms with van der Waals surface area (Å²) in [7, 11) is 3.48. The molecule has 0 aromatic heterocycles. The Kier molecular flexibility index (Phi) is 6.02. The van der Waals surface area contributed by atoms with Gasteiger partial charge in [-0.25, -0.2) is 8.42 Å². The number of halogens is 1. The summed E-state index contributed by atoms with van der Waals surface area (Å²) >= 11 is 0. The molecule has 1 saturated heterocycles. The van der Waals surface area contributed by atoms with Gasteiger partial charge in [-0.15, -0.1) is 0 Å². The van der Waals surface area contributed by atoms with Crippen molar-refractivity contribution in [1.29, 1.82) is 0 Å². The largest absolute Gasteiger partial charge is 1.00 e. The van der Waals surface area contributed by atoms with Gasteiger partial charge in [0.15, 0.2) is 9.84 Å². The smallest absolute Gasteiger partial charge is 0.152 e. The highest BCUT2D eigenvalue weighted by molar-refractivity contribution is 7.91. The van der Waals surface area contributed by atoms with Crippen LogP contribution >= 0.6 is 0 Å². The van der Waals surface area contributed by atoms with E-state index in [4.69, 9.17) is 4.74 Å². The van der Waals surface area contributed by atoms with Crippen molar-refractivity contribution in [2.45, 2.75) is 12.5 Å². The van der Waals surface area contributed by atoms with E-state index in [0.717, 1.165) is 11.0 Å². The lowest BCUT2D eigenvalue weighted by molar-refractivity contribution is -0.870. The highest BCUT2D eigenvalue weighted by Crippen LogP contribution is 2.14. The first-order valence-electron chi connectivity index (χ1n) is 4.91. The molecule has 1 aliphatic heterocycles. The van der Waals surface area contributed by atoms with E-state index < -0.39 is 9.84 Å². The van der Waals surface area contributed by atoms with E-state index >= 15 is 0 Å². The number of sulfone groups is 1. The normalized spacial score (nSPS) is 24.9. The Labute approximate surface area is 110 Å². The van der Waals surface area contributed by atoms with Crippen LogP contribution in [0.4, 0.5) is 0 Å². The van der Waals surface area contributed by atoms with Gasteiger partial charge in [0.25, 0.3) is 0 Å². The molecule has 0 spiro atoms. The second kappa shape index (κ2) is 5.79. The first-order valence-corrected chi connectivity index (χ1v) is 6.73. The molecule has 15 heavy (non-hydrogen) atoms. The summed E-state index contributed by atoms with van der Waals surface area (Å²) in [4.78, 5) is 0. The number of ether oxygens (including phenoxy) is 1. The molecule has 1 fully saturated rings. The molecule has 0 aromatic rings. The van der Waals surface area contributed by atoms with Crippen molar-refractivity contribution in [3.8, 4) is 0 Å². The second-order valence-corrected chi connectivity index (χ2v) is 7.14. The Bertz CT molecular complexity index is 284. The van der Waals surface area contributed by atoms with Gasteiger partial charge in [0, 0.05) is 0 Å². The minimum absolute atomic E-state index is 0. The van der Waals surface area contributed by atoms with E-state index in [1.165, 1.54) is 0 Å². The minimum Gasteiger partial charge on any atom is -1.00 e. The zero-order valence-corrected chi connectivity index (χ0v) is 12.5. The molecule has 0 N–H and O–H groups in total. The molecule has 6 heteroatoms. The lowest BCUT2D eigenvalue weighted by atomic mass is 10.3. The second-order valence-electron chi connectivity index (χ2n) is 4.91. The van der Waals surface area contributed by atoms with Crippen LogP contribution in [0.15, 0.2) is 0 Å². The highest BCUT2D eigenvalue weighted by Gasteiger charge is 2.28. The van der Waals surface area contributed by atoms with Gasteiger partial charge in [0.05, 0.1) is 45.4 Å². The van der Waals surface area contributed by atoms with E-state index in [1.54, 1.807) is 0 Å². The summed E-state index contributed by atoms with van der Waals surface area (Å²) in [6, 6.07) is 0. The first-order chi connectivity index (χ1) is 6.29. The predicted octanol–water partition coefficient (Wildman–Crippen LogP) is -3.10. The number of likely N-dealkylation sites (N-methyl/N-ethyl adjacent to an activating group) is 1. The lowest BCUT2D eigenvalue weighted by Gasteiger charge is -2.24. The topological polar surface area (TPSA) is 43.4 Å². The Morgan fingerprint density at radius 3 is 2.33 bits per heavy atom. The van der Waals surface area contributed by atoms with E-state index in [0.29, 0.717) is 18.8 Å². The standard InChI is InChI=1S/C9H20NO3S.HI/c1-10(2,3)5-6-13-9-4-7-14(11,12)8-9;/h9H,4-8H2,1-3H3;1H/q+1;/p-1. The molecule has 92 valence electrons. The average Bonchev–Trinajstić information content (AvgIpc) is 2.27. The molecular formula is C9H20INO3S. The maximum absolute atomic E-state index is 11.1. The van der Waals surface area contributed by atoms with Crippen LogP contribution in [0.1, 0.15) is 6.42 Å². The minimum atomic E-state index is -2.79. The number of nitrogens with zero attached hydrogens (tertiary/aromatic N) is 1. The van der Waals surface area contributed by atoms with Gasteiger partial charge in [0.1, 0.15) is 6.54 Å². The van der Waals surface area contributed by atoms with Gasteiger partial charge >= 0.3 is 0 Å². The summed E-state index contributed by atoms with van der Waals surface area (Å²) in [5, 5.41) is 0. The Balaban J connectivity index is 0.00000196. The zero-order chi connectivity index (χ0) is 10.8. The molecule has 1 aliphatic rings. The Morgan fingerprint density at radius 2 is 1.93 bits per heavy atom. The van der Waals surface area contributed by atoms with Crippen LogP contribution in [0.5, 0.6) is 0 Å². The van der Waals surface area contributed by atoms with E-state index in [2.05, 4.69) is 21.1 Å². The molecule has 0 saturated carbocycles. The molecule has 0 aromatic carbocycles. The molecule has 1 rings (SSSR count). The molecule has 4 nitrogen and oxygen atoms in total. The number of hydrogen-bond acceptors (Lipinski definition) is 3. The number of quaternary nitrogens is 1. The van der Waals surface area contributed by atoms with Crippen LogP contribution in [-0.4, -0.2) is 64.8 Å². The van der Waals surface area contributed by atoms with E-state index in [9.17, 15) is 8.42 Å². The maximum Gasteiger partial charge on any atom is 0.152 e. The summed E-state index contributed by atoms with van der Waals surface area (Å²) in [6.07, 6.45) is 0.603. The fraction of sp³-hybridized carbons (Fsp3) is 1.00. The predicted molar refractivity (Wildman–Crippen MR) is 55.9 cm³/mol. The fourth-order valence-electron chi connectivity index (χ4n) is 1.39. The van der Waals surface area contributed by atoms with Gasteiger partial charge in [-0.3, -0.25) is 0 Å². The van der Waals surface area contributed by atoms with Crippen LogP contribution in [0.25, 0.3) is 0 Å². The highest BCUT2D eigenvalue weighted by atomic mass is 127. The van der Waals surface area contributed by atoms with Gasteiger partial charge in [-0.1, -0.05) is 0 Å². The van der Waals surface area contributed by atoms with Gasteiger partial charge in [0.2, 0.25) is 0 Å². The van der Waals surface area contributed by atoms with Crippen LogP contribution in [0.2, 0.25) is 0 Å². The third kappa shape index (κ3) is 6.70. The Morgan fingerprint density at radius 1 is 1.33 bits per heavy atom. The number of hydrogen-bond donors (Lipinski definition) is 0. The van der Waals surface area contributed by atoms with Crippen LogP contribution in [-0.2, 0) is 14.6 Å². The molecule has 0 radical (unpaired) electrons. The fourth-order valence-corrected chi connectivity index (χ4v) is 3.00. The van der Waals surface area contributed by atoms with Crippen molar-refractivity contribution in [2.24, 2.45) is 0 Å². The molecule has 1 heterocycles. The summed E-state index contributed by atoms with van der Waals surface area (Å²) in [5.74, 6) is 0.506. The molecule has 0 aliphatic carbocycles. The summed E-state index contributed by atoms with van der Waals surface area (Å²) < 4.78 is 28.6. The van der Waals surface area contributed by atoms with Crippen molar-refractivity contribution in [3.63, 3.8) is 0 Å². The van der Waals surface area contributed by atoms with Crippen LogP contribution < -0.4 is 24.0 Å². The Hall–Kier alpha value is 0.600. The van der Waals surface area contributed by atoms with Gasteiger partial charge in [-0.2, -0.15) is 0 Å². The monoisotopic (exact) mass is 349 g/mol. The van der Waals surface area contributed by atoms with Gasteiger partial charge in [-0.05, 0) is 6.42 Å². The molecule has 1 atom stereocenters. The van der Waals surface area contributed by atoms with E-state index in [1.807, 2.05) is 0 Å². The quantitative estimate of drug-likeness (QED) is 0.399. The number of rotatable bonds is 4. The first kappa shape index (κ1) is 15.6. The third-order valence-electron chi connectivity index (χ3n) is 2.31. The molecular weight excluding hydrogens is 329 g/mol. The van der Waals surface area contributed by atoms with Crippen molar-refractivity contribution in [3.05, 3.63) is 0 Å². The van der Waals surface area contributed by atoms with Crippen molar-refractivity contribution in [1.82, 2.24) is 0 Å². The third-order valence-corrected chi connectivity index (χ3v) is 4.04. The summed E-state index contributed by atoms with van der Waals surface area (Å²) in [5.41, 5.74) is 0. The van der Waals surface area contributed by atoms with Crippen LogP contribution in [0, 0.1) is 0 Å². The molecule has 0 bridgehead atoms. The van der Waals surface area contributed by atoms with Crippen LogP contribution in [0.3, 0.4) is 0 Å². The molecule has 1 unspecified atom stereocenters. The SMILES string of the molecule is C[N+](C)(C)CCOC1CCS(=O)(=O)C1.[I-]. The average molecular weight is 349 g/mol. The van der Waals surface area contributed by atoms with Crippen molar-refractivity contribution < 1.29 is 41.6 Å². The van der Waals surface area contributed by atoms with E-state index in [-0.39, 0.29) is 35.8 Å². The van der Waals surface area contributed by atoms with Crippen molar-refractivity contribution in [2.75, 3.05) is 45.8 Å². The van der Waals surface area contributed by atoms with Gasteiger partial charge < -0.3 is 33.2 Å². The zero-order valence-electron chi connectivity index (χ0n) is 9.57. The maximum atomic E-state index is 11.1. The summed E-state index contributed by atoms with van der Waals surface area (Å²) in [6.45, 7) is 1.56. The molecule has 0 amide bonds. The van der Waals surface area contributed by atoms with Crippen molar-refractivity contribution >= 4 is 9.84 Å².